The van der Waals surface area contributed by atoms with E-state index in [1.807, 2.05) is 6.92 Å². The summed E-state index contributed by atoms with van der Waals surface area (Å²) in [5.74, 6) is -0.236. The lowest BCUT2D eigenvalue weighted by molar-refractivity contribution is -0.140. The Labute approximate surface area is 245 Å². The Bertz CT molecular complexity index is 1400. The summed E-state index contributed by atoms with van der Waals surface area (Å²) in [5.41, 5.74) is 0.842. The second-order valence-electron chi connectivity index (χ2n) is 9.01. The number of benzene rings is 3. The molecule has 1 N–H and O–H groups in total. The summed E-state index contributed by atoms with van der Waals surface area (Å²) < 4.78 is 33.9. The number of amides is 2. The fourth-order valence-electron chi connectivity index (χ4n) is 4.13. The Kier molecular flexibility index (Phi) is 11.2. The molecule has 0 unspecified atom stereocenters. The van der Waals surface area contributed by atoms with Gasteiger partial charge in [0.15, 0.2) is 0 Å². The zero-order chi connectivity index (χ0) is 29.3. The molecule has 0 aliphatic rings. The van der Waals surface area contributed by atoms with Crippen molar-refractivity contribution in [3.8, 4) is 5.75 Å². The minimum absolute atomic E-state index is 0.0109. The van der Waals surface area contributed by atoms with Crippen molar-refractivity contribution in [3.05, 3.63) is 88.4 Å². The molecule has 1 atom stereocenters. The minimum atomic E-state index is -4.23. The number of carbonyl (C=O) groups excluding carboxylic acids is 2. The van der Waals surface area contributed by atoms with E-state index in [0.717, 1.165) is 16.3 Å². The van der Waals surface area contributed by atoms with E-state index < -0.39 is 28.5 Å². The molecule has 11 heteroatoms. The van der Waals surface area contributed by atoms with E-state index in [0.29, 0.717) is 23.7 Å². The van der Waals surface area contributed by atoms with Crippen molar-refractivity contribution in [1.82, 2.24) is 10.2 Å². The molecular weight excluding hydrogens is 573 g/mol. The molecule has 0 aliphatic carbocycles. The lowest BCUT2D eigenvalue weighted by Crippen LogP contribution is -2.52. The zero-order valence-electron chi connectivity index (χ0n) is 22.6. The number of rotatable bonds is 13. The SMILES string of the molecule is CCCNC(=O)[C@@H](CC)N(Cc1ccc(OC)cc1)C(=O)CN(c1ccc(Cl)cc1Cl)S(=O)(=O)c1ccccc1. The van der Waals surface area contributed by atoms with Crippen molar-refractivity contribution < 1.29 is 22.7 Å². The van der Waals surface area contributed by atoms with Gasteiger partial charge in [-0.3, -0.25) is 13.9 Å². The second-order valence-corrected chi connectivity index (χ2v) is 11.7. The third-order valence-electron chi connectivity index (χ3n) is 6.24. The van der Waals surface area contributed by atoms with Gasteiger partial charge in [0.2, 0.25) is 11.8 Å². The van der Waals surface area contributed by atoms with E-state index in [-0.39, 0.29) is 28.1 Å². The lowest BCUT2D eigenvalue weighted by atomic mass is 10.1. The fraction of sp³-hybridized carbons (Fsp3) is 0.310. The fourth-order valence-corrected chi connectivity index (χ4v) is 6.14. The Morgan fingerprint density at radius 1 is 0.975 bits per heavy atom. The predicted molar refractivity (Wildman–Crippen MR) is 158 cm³/mol. The molecule has 3 aromatic carbocycles. The molecule has 0 saturated carbocycles. The van der Waals surface area contributed by atoms with Crippen LogP contribution in [0, 0.1) is 0 Å². The maximum Gasteiger partial charge on any atom is 0.264 e. The van der Waals surface area contributed by atoms with Gasteiger partial charge in [-0.15, -0.1) is 0 Å². The zero-order valence-corrected chi connectivity index (χ0v) is 25.0. The molecule has 0 aromatic heterocycles. The van der Waals surface area contributed by atoms with Gasteiger partial charge in [0.05, 0.1) is 22.7 Å². The van der Waals surface area contributed by atoms with E-state index in [1.54, 1.807) is 56.5 Å². The van der Waals surface area contributed by atoms with E-state index in [2.05, 4.69) is 5.32 Å². The first-order chi connectivity index (χ1) is 19.1. The van der Waals surface area contributed by atoms with E-state index in [1.165, 1.54) is 35.2 Å². The average molecular weight is 607 g/mol. The molecule has 8 nitrogen and oxygen atoms in total. The largest absolute Gasteiger partial charge is 0.497 e. The highest BCUT2D eigenvalue weighted by Gasteiger charge is 2.34. The van der Waals surface area contributed by atoms with E-state index in [9.17, 15) is 18.0 Å². The van der Waals surface area contributed by atoms with Gasteiger partial charge in [-0.25, -0.2) is 8.42 Å². The molecule has 0 heterocycles. The number of carbonyl (C=O) groups is 2. The van der Waals surface area contributed by atoms with Crippen molar-refractivity contribution in [2.75, 3.05) is 24.5 Å². The van der Waals surface area contributed by atoms with Crippen LogP contribution in [0.5, 0.6) is 5.75 Å². The molecule has 214 valence electrons. The lowest BCUT2D eigenvalue weighted by Gasteiger charge is -2.33. The van der Waals surface area contributed by atoms with Gasteiger partial charge in [-0.2, -0.15) is 0 Å². The number of anilines is 1. The first-order valence-electron chi connectivity index (χ1n) is 12.8. The van der Waals surface area contributed by atoms with Crippen molar-refractivity contribution in [1.29, 1.82) is 0 Å². The van der Waals surface area contributed by atoms with Crippen molar-refractivity contribution in [2.24, 2.45) is 0 Å². The highest BCUT2D eigenvalue weighted by atomic mass is 35.5. The maximum absolute atomic E-state index is 14.0. The molecule has 3 aromatic rings. The van der Waals surface area contributed by atoms with Crippen LogP contribution >= 0.6 is 23.2 Å². The third-order valence-corrected chi connectivity index (χ3v) is 8.55. The van der Waals surface area contributed by atoms with Crippen LogP contribution in [0.3, 0.4) is 0 Å². The summed E-state index contributed by atoms with van der Waals surface area (Å²) in [5, 5.41) is 3.24. The van der Waals surface area contributed by atoms with Crippen LogP contribution in [0.25, 0.3) is 0 Å². The Hall–Kier alpha value is -3.27. The molecule has 0 spiro atoms. The summed E-state index contributed by atoms with van der Waals surface area (Å²) in [7, 11) is -2.67. The van der Waals surface area contributed by atoms with Crippen LogP contribution in [0.1, 0.15) is 32.3 Å². The summed E-state index contributed by atoms with van der Waals surface area (Å²) >= 11 is 12.5. The second kappa shape index (κ2) is 14.4. The summed E-state index contributed by atoms with van der Waals surface area (Å²) in [6.45, 7) is 3.68. The molecule has 3 rings (SSSR count). The van der Waals surface area contributed by atoms with Crippen LogP contribution in [0.2, 0.25) is 10.0 Å². The van der Waals surface area contributed by atoms with Crippen LogP contribution in [0.4, 0.5) is 5.69 Å². The molecule has 40 heavy (non-hydrogen) atoms. The summed E-state index contributed by atoms with van der Waals surface area (Å²) in [6.07, 6.45) is 1.05. The van der Waals surface area contributed by atoms with Gasteiger partial charge in [0.25, 0.3) is 10.0 Å². The molecule has 0 fully saturated rings. The maximum atomic E-state index is 14.0. The van der Waals surface area contributed by atoms with Gasteiger partial charge < -0.3 is 15.0 Å². The first kappa shape index (κ1) is 31.3. The quantitative estimate of drug-likeness (QED) is 0.276. The number of nitrogens with one attached hydrogen (secondary N) is 1. The smallest absolute Gasteiger partial charge is 0.264 e. The van der Waals surface area contributed by atoms with Gasteiger partial charge in [-0.05, 0) is 60.9 Å². The molecule has 2 amide bonds. The standard InChI is InChI=1S/C29H33Cl2N3O5S/c1-4-17-32-29(36)26(5-2)33(19-21-11-14-23(39-3)15-12-21)28(35)20-34(27-16-13-22(30)18-25(27)31)40(37,38)24-9-7-6-8-10-24/h6-16,18,26H,4-5,17,19-20H2,1-3H3,(H,32,36)/t26-/m1/s1. The summed E-state index contributed by atoms with van der Waals surface area (Å²) in [6, 6.07) is 18.4. The van der Waals surface area contributed by atoms with E-state index >= 15 is 0 Å². The van der Waals surface area contributed by atoms with Crippen molar-refractivity contribution in [2.45, 2.75) is 44.2 Å². The highest BCUT2D eigenvalue weighted by molar-refractivity contribution is 7.92. The van der Waals surface area contributed by atoms with E-state index in [4.69, 9.17) is 27.9 Å². The van der Waals surface area contributed by atoms with Gasteiger partial charge in [-0.1, -0.05) is 67.4 Å². The molecule has 0 aliphatic heterocycles. The van der Waals surface area contributed by atoms with Gasteiger partial charge in [0.1, 0.15) is 18.3 Å². The normalized spacial score (nSPS) is 11.9. The van der Waals surface area contributed by atoms with Crippen molar-refractivity contribution >= 4 is 50.7 Å². The molecular formula is C29H33Cl2N3O5S. The monoisotopic (exact) mass is 605 g/mol. The van der Waals surface area contributed by atoms with Gasteiger partial charge in [0, 0.05) is 18.1 Å². The Balaban J connectivity index is 2.06. The minimum Gasteiger partial charge on any atom is -0.497 e. The highest BCUT2D eigenvalue weighted by Crippen LogP contribution is 2.33. The number of methoxy groups -OCH3 is 1. The first-order valence-corrected chi connectivity index (χ1v) is 15.0. The van der Waals surface area contributed by atoms with Crippen LogP contribution in [-0.2, 0) is 26.2 Å². The topological polar surface area (TPSA) is 96.0 Å². The number of ether oxygens (including phenoxy) is 1. The predicted octanol–water partition coefficient (Wildman–Crippen LogP) is 5.53. The summed E-state index contributed by atoms with van der Waals surface area (Å²) in [4.78, 5) is 28.6. The number of nitrogens with zero attached hydrogens (tertiary/aromatic N) is 2. The Morgan fingerprint density at radius 2 is 1.65 bits per heavy atom. The van der Waals surface area contributed by atoms with Crippen LogP contribution in [0.15, 0.2) is 77.7 Å². The number of hydrogen-bond acceptors (Lipinski definition) is 5. The number of sulfonamides is 1. The van der Waals surface area contributed by atoms with Crippen LogP contribution < -0.4 is 14.4 Å². The third kappa shape index (κ3) is 7.68. The van der Waals surface area contributed by atoms with Gasteiger partial charge >= 0.3 is 0 Å². The Morgan fingerprint density at radius 3 is 2.23 bits per heavy atom. The van der Waals surface area contributed by atoms with Crippen molar-refractivity contribution in [3.63, 3.8) is 0 Å². The molecule has 0 bridgehead atoms. The molecule has 0 saturated heterocycles. The molecule has 0 radical (unpaired) electrons. The number of hydrogen-bond donors (Lipinski definition) is 1. The average Bonchev–Trinajstić information content (AvgIpc) is 2.95. The number of halogens is 2. The van der Waals surface area contributed by atoms with Crippen LogP contribution in [-0.4, -0.2) is 51.4 Å².